The van der Waals surface area contributed by atoms with Gasteiger partial charge in [0.15, 0.2) is 0 Å². The first-order valence-electron chi connectivity index (χ1n) is 6.98. The lowest BCUT2D eigenvalue weighted by atomic mass is 9.95. The zero-order valence-electron chi connectivity index (χ0n) is 12.2. The van der Waals surface area contributed by atoms with Crippen molar-refractivity contribution in [2.45, 2.75) is 61.3 Å². The van der Waals surface area contributed by atoms with Gasteiger partial charge in [0.2, 0.25) is 0 Å². The average Bonchev–Trinajstić information content (AvgIpc) is 2.99. The number of alkyl halides is 4. The summed E-state index contributed by atoms with van der Waals surface area (Å²) in [4.78, 5) is 0. The van der Waals surface area contributed by atoms with Crippen LogP contribution in [0.2, 0.25) is 0 Å². The lowest BCUT2D eigenvalue weighted by molar-refractivity contribution is -0.198. The van der Waals surface area contributed by atoms with Crippen LogP contribution in [-0.2, 0) is 33.3 Å². The fourth-order valence-electron chi connectivity index (χ4n) is 3.03. The van der Waals surface area contributed by atoms with E-state index in [1.807, 2.05) is 0 Å². The van der Waals surface area contributed by atoms with Gasteiger partial charge < -0.3 is 4.74 Å². The Hall–Kier alpha value is -0.500. The molecule has 5 unspecified atom stereocenters. The van der Waals surface area contributed by atoms with Gasteiger partial charge in [0.1, 0.15) is 23.6 Å². The predicted molar refractivity (Wildman–Crippen MR) is 69.7 cm³/mol. The molecule has 0 amide bonds. The molecular weight excluding hydrogens is 384 g/mol. The number of rotatable bonds is 6. The summed E-state index contributed by atoms with van der Waals surface area (Å²) in [6.07, 6.45) is -5.89. The van der Waals surface area contributed by atoms with Crippen LogP contribution < -0.4 is 0 Å². The molecule has 24 heavy (non-hydrogen) atoms. The average molecular weight is 398 g/mol. The standard InChI is InChI=1S/C11H14F4O7S2/c1-10(12,13)11(14,15)2-3-23(16,17)21-7-5-4-6-8(20-5)9(7)22-24(6,18)19/h5-9H,2-4H2,1H3. The molecule has 3 rings (SSSR count). The SMILES string of the molecule is CC(F)(F)C(F)(F)CCS(=O)(=O)OC1C2CC3C(O2)C1OS3(=O)=O. The molecule has 3 aliphatic heterocycles. The van der Waals surface area contributed by atoms with E-state index < -0.39 is 73.9 Å². The van der Waals surface area contributed by atoms with E-state index in [0.29, 0.717) is 0 Å². The summed E-state index contributed by atoms with van der Waals surface area (Å²) in [5.74, 6) is -10.2. The zero-order chi connectivity index (χ0) is 18.1. The number of ether oxygens (including phenoxy) is 1. The second kappa shape index (κ2) is 5.25. The second-order valence-electron chi connectivity index (χ2n) is 6.13. The Balaban J connectivity index is 1.67. The van der Waals surface area contributed by atoms with Crippen LogP contribution in [0.25, 0.3) is 0 Å². The molecule has 0 aromatic carbocycles. The third-order valence-electron chi connectivity index (χ3n) is 4.36. The Labute approximate surface area is 135 Å². The molecule has 3 aliphatic rings. The van der Waals surface area contributed by atoms with Crippen molar-refractivity contribution in [3.63, 3.8) is 0 Å². The van der Waals surface area contributed by atoms with Crippen molar-refractivity contribution in [3.05, 3.63) is 0 Å². The highest BCUT2D eigenvalue weighted by molar-refractivity contribution is 7.87. The van der Waals surface area contributed by atoms with E-state index >= 15 is 0 Å². The normalized spacial score (nSPS) is 38.0. The summed E-state index contributed by atoms with van der Waals surface area (Å²) >= 11 is 0. The lowest BCUT2D eigenvalue weighted by Gasteiger charge is -2.24. The molecule has 0 aromatic heterocycles. The number of fused-ring (bicyclic) bond motifs is 1. The molecule has 3 fully saturated rings. The molecule has 13 heteroatoms. The number of hydrogen-bond acceptors (Lipinski definition) is 7. The van der Waals surface area contributed by atoms with Gasteiger partial charge in [-0.25, -0.2) is 8.78 Å². The molecule has 3 saturated heterocycles. The largest absolute Gasteiger partial charge is 0.368 e. The van der Waals surface area contributed by atoms with E-state index in [9.17, 15) is 34.4 Å². The summed E-state index contributed by atoms with van der Waals surface area (Å²) < 4.78 is 114. The molecule has 0 N–H and O–H groups in total. The van der Waals surface area contributed by atoms with Crippen LogP contribution in [0.5, 0.6) is 0 Å². The Kier molecular flexibility index (Phi) is 4.00. The van der Waals surface area contributed by atoms with E-state index in [1.165, 1.54) is 0 Å². The Morgan fingerprint density at radius 1 is 1.21 bits per heavy atom. The maximum Gasteiger partial charge on any atom is 0.311 e. The van der Waals surface area contributed by atoms with E-state index in [-0.39, 0.29) is 13.3 Å². The summed E-state index contributed by atoms with van der Waals surface area (Å²) in [5.41, 5.74) is 0. The Morgan fingerprint density at radius 3 is 2.42 bits per heavy atom. The lowest BCUT2D eigenvalue weighted by Crippen LogP contribution is -2.43. The van der Waals surface area contributed by atoms with E-state index in [1.54, 1.807) is 0 Å². The maximum absolute atomic E-state index is 13.2. The van der Waals surface area contributed by atoms with Crippen molar-refractivity contribution >= 4 is 20.2 Å². The molecule has 0 aromatic rings. The summed E-state index contributed by atoms with van der Waals surface area (Å²) in [7, 11) is -8.50. The van der Waals surface area contributed by atoms with E-state index in [4.69, 9.17) is 13.1 Å². The third kappa shape index (κ3) is 2.93. The van der Waals surface area contributed by atoms with Crippen molar-refractivity contribution < 1.29 is 47.5 Å². The fourth-order valence-corrected chi connectivity index (χ4v) is 5.85. The molecular formula is C11H14F4O7S2. The van der Waals surface area contributed by atoms with Crippen LogP contribution in [0, 0.1) is 0 Å². The predicted octanol–water partition coefficient (Wildman–Crippen LogP) is 0.650. The number of hydrogen-bond donors (Lipinski definition) is 0. The van der Waals surface area contributed by atoms with Crippen molar-refractivity contribution in [1.82, 2.24) is 0 Å². The van der Waals surface area contributed by atoms with Crippen molar-refractivity contribution in [2.24, 2.45) is 0 Å². The maximum atomic E-state index is 13.2. The number of halogens is 4. The molecule has 7 nitrogen and oxygen atoms in total. The van der Waals surface area contributed by atoms with Gasteiger partial charge in [0.25, 0.3) is 20.2 Å². The minimum atomic E-state index is -4.61. The molecule has 5 atom stereocenters. The van der Waals surface area contributed by atoms with Crippen LogP contribution in [0.1, 0.15) is 19.8 Å². The van der Waals surface area contributed by atoms with Crippen LogP contribution in [0.3, 0.4) is 0 Å². The monoisotopic (exact) mass is 398 g/mol. The summed E-state index contributed by atoms with van der Waals surface area (Å²) in [5, 5.41) is -0.904. The zero-order valence-corrected chi connectivity index (χ0v) is 13.8. The highest BCUT2D eigenvalue weighted by atomic mass is 32.2. The van der Waals surface area contributed by atoms with Gasteiger partial charge >= 0.3 is 11.8 Å². The van der Waals surface area contributed by atoms with Crippen molar-refractivity contribution in [1.29, 1.82) is 0 Å². The molecule has 140 valence electrons. The third-order valence-corrected chi connectivity index (χ3v) is 7.27. The van der Waals surface area contributed by atoms with Gasteiger partial charge in [0.05, 0.1) is 11.9 Å². The highest BCUT2D eigenvalue weighted by Crippen LogP contribution is 2.48. The molecule has 0 aliphatic carbocycles. The minimum Gasteiger partial charge on any atom is -0.368 e. The quantitative estimate of drug-likeness (QED) is 0.479. The van der Waals surface area contributed by atoms with Gasteiger partial charge in [-0.1, -0.05) is 0 Å². The fraction of sp³-hybridized carbons (Fsp3) is 1.00. The summed E-state index contributed by atoms with van der Waals surface area (Å²) in [6, 6.07) is 0. The first-order chi connectivity index (χ1) is 10.7. The molecule has 0 saturated carbocycles. The van der Waals surface area contributed by atoms with Crippen LogP contribution in [0.15, 0.2) is 0 Å². The molecule has 2 bridgehead atoms. The second-order valence-corrected chi connectivity index (χ2v) is 9.63. The first-order valence-corrected chi connectivity index (χ1v) is 10.0. The first kappa shape index (κ1) is 18.3. The minimum absolute atomic E-state index is 0.0123. The van der Waals surface area contributed by atoms with Crippen molar-refractivity contribution in [2.75, 3.05) is 5.75 Å². The summed E-state index contributed by atoms with van der Waals surface area (Å²) in [6.45, 7) is -0.0123. The van der Waals surface area contributed by atoms with Crippen LogP contribution in [0.4, 0.5) is 17.6 Å². The van der Waals surface area contributed by atoms with Crippen LogP contribution in [-0.4, -0.2) is 64.1 Å². The molecule has 0 spiro atoms. The molecule has 3 heterocycles. The highest BCUT2D eigenvalue weighted by Gasteiger charge is 2.67. The van der Waals surface area contributed by atoms with Gasteiger partial charge in [-0.15, -0.1) is 0 Å². The van der Waals surface area contributed by atoms with Gasteiger partial charge in [0, 0.05) is 13.3 Å². The van der Waals surface area contributed by atoms with Crippen molar-refractivity contribution in [3.8, 4) is 0 Å². The van der Waals surface area contributed by atoms with E-state index in [2.05, 4.69) is 0 Å². The van der Waals surface area contributed by atoms with Gasteiger partial charge in [-0.05, 0) is 6.42 Å². The molecule has 0 radical (unpaired) electrons. The van der Waals surface area contributed by atoms with E-state index in [0.717, 1.165) is 0 Å². The van der Waals surface area contributed by atoms with Crippen LogP contribution >= 0.6 is 0 Å². The Bertz CT molecular complexity index is 730. The topological polar surface area (TPSA) is 96.0 Å². The van der Waals surface area contributed by atoms with Gasteiger partial charge in [-0.3, -0.25) is 8.37 Å². The van der Waals surface area contributed by atoms with Gasteiger partial charge in [-0.2, -0.15) is 25.6 Å². The smallest absolute Gasteiger partial charge is 0.311 e. The Morgan fingerprint density at radius 2 is 1.83 bits per heavy atom.